The maximum atomic E-state index is 13.5. The highest BCUT2D eigenvalue weighted by Gasteiger charge is 2.31. The number of likely N-dealkylation sites (tertiary alicyclic amines) is 1. The first-order valence-corrected chi connectivity index (χ1v) is 8.08. The molecule has 110 valence electrons. The third kappa shape index (κ3) is 4.01. The fourth-order valence-corrected chi connectivity index (χ4v) is 3.35. The maximum Gasteiger partial charge on any atom is 0.222 e. The fourth-order valence-electron chi connectivity index (χ4n) is 2.47. The minimum absolute atomic E-state index is 0.102. The van der Waals surface area contributed by atoms with E-state index in [4.69, 9.17) is 5.14 Å². The van der Waals surface area contributed by atoms with Crippen LogP contribution in [0.5, 0.6) is 0 Å². The van der Waals surface area contributed by atoms with Gasteiger partial charge in [0.05, 0.1) is 5.75 Å². The smallest absolute Gasteiger partial charge is 0.222 e. The number of halogens is 1. The number of rotatable bonds is 5. The van der Waals surface area contributed by atoms with E-state index in [0.717, 1.165) is 0 Å². The Bertz CT molecular complexity index is 603. The summed E-state index contributed by atoms with van der Waals surface area (Å²) < 4.78 is 35.5. The summed E-state index contributed by atoms with van der Waals surface area (Å²) in [6, 6.07) is 6.42. The lowest BCUT2D eigenvalue weighted by atomic mass is 10.1. The standard InChI is InChI=1S/C13H17FN2O3S/c14-12-4-2-1-3-11(12)5-6-16-8-10(7-13(16)17)9-20(15,18)19/h1-4,10H,5-9H2,(H2,15,18,19). The minimum Gasteiger partial charge on any atom is -0.342 e. The van der Waals surface area contributed by atoms with Crippen molar-refractivity contribution in [1.29, 1.82) is 0 Å². The average Bonchev–Trinajstić information content (AvgIpc) is 2.66. The van der Waals surface area contributed by atoms with Crippen LogP contribution in [0, 0.1) is 11.7 Å². The molecule has 1 aromatic rings. The Labute approximate surface area is 117 Å². The minimum atomic E-state index is -3.57. The summed E-state index contributed by atoms with van der Waals surface area (Å²) in [7, 11) is -3.57. The lowest BCUT2D eigenvalue weighted by molar-refractivity contribution is -0.127. The van der Waals surface area contributed by atoms with Crippen molar-refractivity contribution >= 4 is 15.9 Å². The summed E-state index contributed by atoms with van der Waals surface area (Å²) in [5.74, 6) is -0.845. The highest BCUT2D eigenvalue weighted by atomic mass is 32.2. The molecule has 1 saturated heterocycles. The van der Waals surface area contributed by atoms with Crippen molar-refractivity contribution in [2.24, 2.45) is 11.1 Å². The van der Waals surface area contributed by atoms with Gasteiger partial charge in [-0.1, -0.05) is 18.2 Å². The molecule has 1 heterocycles. The molecule has 1 amide bonds. The number of carbonyl (C=O) groups is 1. The van der Waals surface area contributed by atoms with Gasteiger partial charge in [-0.15, -0.1) is 0 Å². The molecule has 20 heavy (non-hydrogen) atoms. The Morgan fingerprint density at radius 2 is 2.05 bits per heavy atom. The lowest BCUT2D eigenvalue weighted by Crippen LogP contribution is -2.29. The van der Waals surface area contributed by atoms with Gasteiger partial charge in [-0.2, -0.15) is 0 Å². The van der Waals surface area contributed by atoms with Crippen LogP contribution in [0.3, 0.4) is 0 Å². The molecular formula is C13H17FN2O3S. The maximum absolute atomic E-state index is 13.5. The molecule has 0 saturated carbocycles. The first kappa shape index (κ1) is 14.9. The number of hydrogen-bond donors (Lipinski definition) is 1. The molecule has 0 aliphatic carbocycles. The van der Waals surface area contributed by atoms with E-state index in [-0.39, 0.29) is 29.8 Å². The third-order valence-corrected chi connectivity index (χ3v) is 4.31. The van der Waals surface area contributed by atoms with Crippen LogP contribution in [0.4, 0.5) is 4.39 Å². The number of nitrogens with zero attached hydrogens (tertiary/aromatic N) is 1. The molecular weight excluding hydrogens is 283 g/mol. The molecule has 5 nitrogen and oxygen atoms in total. The second-order valence-corrected chi connectivity index (χ2v) is 6.74. The van der Waals surface area contributed by atoms with E-state index in [1.54, 1.807) is 23.1 Å². The molecule has 1 aliphatic heterocycles. The van der Waals surface area contributed by atoms with Gasteiger partial charge in [0, 0.05) is 25.4 Å². The largest absolute Gasteiger partial charge is 0.342 e. The SMILES string of the molecule is NS(=O)(=O)CC1CC(=O)N(CCc2ccccc2F)C1. The van der Waals surface area contributed by atoms with Crippen molar-refractivity contribution in [3.8, 4) is 0 Å². The summed E-state index contributed by atoms with van der Waals surface area (Å²) in [5.41, 5.74) is 0.551. The Balaban J connectivity index is 1.91. The van der Waals surface area contributed by atoms with Gasteiger partial charge in [0.1, 0.15) is 5.82 Å². The topological polar surface area (TPSA) is 80.5 Å². The van der Waals surface area contributed by atoms with Crippen molar-refractivity contribution in [2.45, 2.75) is 12.8 Å². The molecule has 1 aliphatic rings. The van der Waals surface area contributed by atoms with E-state index in [1.165, 1.54) is 6.07 Å². The Kier molecular flexibility index (Phi) is 4.39. The first-order valence-electron chi connectivity index (χ1n) is 6.37. The van der Waals surface area contributed by atoms with Crippen LogP contribution in [-0.4, -0.2) is 38.1 Å². The van der Waals surface area contributed by atoms with E-state index in [9.17, 15) is 17.6 Å². The number of nitrogens with two attached hydrogens (primary N) is 1. The summed E-state index contributed by atoms with van der Waals surface area (Å²) in [4.78, 5) is 13.3. The van der Waals surface area contributed by atoms with Crippen LogP contribution in [0.1, 0.15) is 12.0 Å². The number of carbonyl (C=O) groups excluding carboxylic acids is 1. The number of sulfonamides is 1. The van der Waals surface area contributed by atoms with Crippen molar-refractivity contribution in [3.05, 3.63) is 35.6 Å². The second-order valence-electron chi connectivity index (χ2n) is 5.08. The fraction of sp³-hybridized carbons (Fsp3) is 0.462. The van der Waals surface area contributed by atoms with Gasteiger partial charge in [-0.25, -0.2) is 17.9 Å². The molecule has 7 heteroatoms. The molecule has 2 N–H and O–H groups in total. The van der Waals surface area contributed by atoms with Gasteiger partial charge in [-0.05, 0) is 18.1 Å². The van der Waals surface area contributed by atoms with E-state index < -0.39 is 10.0 Å². The van der Waals surface area contributed by atoms with Gasteiger partial charge >= 0.3 is 0 Å². The zero-order valence-corrected chi connectivity index (χ0v) is 11.8. The van der Waals surface area contributed by atoms with Gasteiger partial charge in [-0.3, -0.25) is 4.79 Å². The average molecular weight is 300 g/mol. The molecule has 0 spiro atoms. The van der Waals surface area contributed by atoms with Crippen molar-refractivity contribution in [1.82, 2.24) is 4.90 Å². The summed E-state index contributed by atoms with van der Waals surface area (Å²) in [6.07, 6.45) is 0.605. The zero-order valence-electron chi connectivity index (χ0n) is 11.0. The number of amides is 1. The second kappa shape index (κ2) is 5.88. The van der Waals surface area contributed by atoms with Crippen LogP contribution in [0.2, 0.25) is 0 Å². The summed E-state index contributed by atoms with van der Waals surface area (Å²) in [5, 5.41) is 4.98. The highest BCUT2D eigenvalue weighted by Crippen LogP contribution is 2.19. The van der Waals surface area contributed by atoms with E-state index >= 15 is 0 Å². The molecule has 2 rings (SSSR count). The first-order chi connectivity index (χ1) is 9.35. The summed E-state index contributed by atoms with van der Waals surface area (Å²) in [6.45, 7) is 0.755. The molecule has 1 fully saturated rings. The van der Waals surface area contributed by atoms with Crippen LogP contribution in [0.25, 0.3) is 0 Å². The van der Waals surface area contributed by atoms with E-state index in [2.05, 4.69) is 0 Å². The normalized spacial score (nSPS) is 19.6. The predicted molar refractivity (Wildman–Crippen MR) is 72.8 cm³/mol. The predicted octanol–water partition coefficient (Wildman–Crippen LogP) is 0.505. The number of primary sulfonamides is 1. The summed E-state index contributed by atoms with van der Waals surface area (Å²) >= 11 is 0. The van der Waals surface area contributed by atoms with Crippen LogP contribution in [-0.2, 0) is 21.2 Å². The lowest BCUT2D eigenvalue weighted by Gasteiger charge is -2.16. The van der Waals surface area contributed by atoms with Crippen LogP contribution >= 0.6 is 0 Å². The quantitative estimate of drug-likeness (QED) is 0.860. The molecule has 0 radical (unpaired) electrons. The Morgan fingerprint density at radius 1 is 1.35 bits per heavy atom. The van der Waals surface area contributed by atoms with Gasteiger partial charge in [0.25, 0.3) is 0 Å². The van der Waals surface area contributed by atoms with Crippen LogP contribution < -0.4 is 5.14 Å². The monoisotopic (exact) mass is 300 g/mol. The third-order valence-electron chi connectivity index (χ3n) is 3.37. The molecule has 1 aromatic carbocycles. The van der Waals surface area contributed by atoms with Crippen molar-refractivity contribution in [3.63, 3.8) is 0 Å². The van der Waals surface area contributed by atoms with Gasteiger partial charge < -0.3 is 4.90 Å². The van der Waals surface area contributed by atoms with E-state index in [0.29, 0.717) is 25.1 Å². The molecule has 0 bridgehead atoms. The molecule has 0 aromatic heterocycles. The Morgan fingerprint density at radius 3 is 2.70 bits per heavy atom. The van der Waals surface area contributed by atoms with Gasteiger partial charge in [0.2, 0.25) is 15.9 Å². The van der Waals surface area contributed by atoms with Crippen molar-refractivity contribution in [2.75, 3.05) is 18.8 Å². The highest BCUT2D eigenvalue weighted by molar-refractivity contribution is 7.89. The number of hydrogen-bond acceptors (Lipinski definition) is 3. The molecule has 1 unspecified atom stereocenters. The zero-order chi connectivity index (χ0) is 14.8. The Hall–Kier alpha value is -1.47. The van der Waals surface area contributed by atoms with Gasteiger partial charge in [0.15, 0.2) is 0 Å². The van der Waals surface area contributed by atoms with Crippen molar-refractivity contribution < 1.29 is 17.6 Å². The van der Waals surface area contributed by atoms with E-state index in [1.807, 2.05) is 0 Å². The van der Waals surface area contributed by atoms with Crippen LogP contribution in [0.15, 0.2) is 24.3 Å². The molecule has 1 atom stereocenters. The number of benzene rings is 1.